The molecule has 6 nitrogen and oxygen atoms in total. The molecule has 0 aliphatic carbocycles. The number of likely N-dealkylation sites (N-methyl/N-ethyl adjacent to an activating group) is 1. The van der Waals surface area contributed by atoms with Crippen LogP contribution < -0.4 is 4.74 Å². The van der Waals surface area contributed by atoms with Crippen molar-refractivity contribution in [1.29, 1.82) is 0 Å². The molecule has 0 bridgehead atoms. The molecule has 1 fully saturated rings. The van der Waals surface area contributed by atoms with Gasteiger partial charge in [-0.1, -0.05) is 42.6 Å². The highest BCUT2D eigenvalue weighted by molar-refractivity contribution is 6.46. The number of benzene rings is 2. The van der Waals surface area contributed by atoms with E-state index in [1.54, 1.807) is 36.4 Å². The second-order valence-electron chi connectivity index (χ2n) is 8.65. The summed E-state index contributed by atoms with van der Waals surface area (Å²) >= 11 is 12.4. The largest absolute Gasteiger partial charge is 0.507 e. The van der Waals surface area contributed by atoms with Crippen LogP contribution in [0, 0.1) is 6.92 Å². The monoisotopic (exact) mass is 504 g/mol. The third-order valence-electron chi connectivity index (χ3n) is 5.79. The van der Waals surface area contributed by atoms with Crippen molar-refractivity contribution in [3.63, 3.8) is 0 Å². The molecule has 0 radical (unpaired) electrons. The van der Waals surface area contributed by atoms with Gasteiger partial charge in [-0.2, -0.15) is 0 Å². The van der Waals surface area contributed by atoms with Crippen LogP contribution in [0.2, 0.25) is 10.0 Å². The number of hydrogen-bond acceptors (Lipinski definition) is 5. The highest BCUT2D eigenvalue weighted by atomic mass is 35.5. The second kappa shape index (κ2) is 11.3. The minimum Gasteiger partial charge on any atom is -0.507 e. The summed E-state index contributed by atoms with van der Waals surface area (Å²) in [5, 5.41) is 11.9. The third kappa shape index (κ3) is 5.57. The van der Waals surface area contributed by atoms with Crippen molar-refractivity contribution in [2.24, 2.45) is 0 Å². The summed E-state index contributed by atoms with van der Waals surface area (Å²) in [5.74, 6) is -0.897. The van der Waals surface area contributed by atoms with E-state index in [2.05, 4.69) is 6.92 Å². The number of likely N-dealkylation sites (tertiary alicyclic amines) is 1. The standard InChI is InChI=1S/C26H30Cl2N2O4/c1-5-6-13-34-21-10-8-18(14-16(21)2)24(31)22-23(17-7-9-19(27)20(28)15-17)30(12-11-29(3)4)26(33)25(22)32/h7-10,14-15,23,31H,5-6,11-13H2,1-4H3/b24-22+. The number of carbonyl (C=O) groups excluding carboxylic acids is 2. The van der Waals surface area contributed by atoms with Gasteiger partial charge in [0.1, 0.15) is 11.5 Å². The predicted molar refractivity (Wildman–Crippen MR) is 136 cm³/mol. The molecule has 8 heteroatoms. The Morgan fingerprint density at radius 1 is 1.12 bits per heavy atom. The average molecular weight is 505 g/mol. The number of unbranched alkanes of at least 4 members (excludes halogenated alkanes) is 1. The van der Waals surface area contributed by atoms with Gasteiger partial charge in [0.2, 0.25) is 0 Å². The van der Waals surface area contributed by atoms with Gasteiger partial charge < -0.3 is 19.6 Å². The van der Waals surface area contributed by atoms with Crippen molar-refractivity contribution in [3.8, 4) is 5.75 Å². The number of amides is 1. The summed E-state index contributed by atoms with van der Waals surface area (Å²) < 4.78 is 5.80. The highest BCUT2D eigenvalue weighted by Crippen LogP contribution is 2.41. The molecule has 0 saturated carbocycles. The third-order valence-corrected chi connectivity index (χ3v) is 6.53. The molecule has 1 amide bonds. The molecule has 1 atom stereocenters. The number of ether oxygens (including phenoxy) is 1. The Bertz CT molecular complexity index is 1110. The van der Waals surface area contributed by atoms with E-state index >= 15 is 0 Å². The molecular formula is C26H30Cl2N2O4. The Labute approximate surface area is 210 Å². The SMILES string of the molecule is CCCCOc1ccc(/C(O)=C2\C(=O)C(=O)N(CCN(C)C)C2c2ccc(Cl)c(Cl)c2)cc1C. The molecule has 182 valence electrons. The van der Waals surface area contributed by atoms with Crippen LogP contribution in [0.3, 0.4) is 0 Å². The van der Waals surface area contributed by atoms with Crippen molar-refractivity contribution in [1.82, 2.24) is 9.80 Å². The number of nitrogens with zero attached hydrogens (tertiary/aromatic N) is 2. The zero-order valence-electron chi connectivity index (χ0n) is 19.9. The molecule has 2 aromatic rings. The fourth-order valence-corrected chi connectivity index (χ4v) is 4.19. The minimum atomic E-state index is -0.782. The van der Waals surface area contributed by atoms with E-state index in [1.165, 1.54) is 4.90 Å². The molecule has 0 aromatic heterocycles. The first-order valence-electron chi connectivity index (χ1n) is 11.3. The number of ketones is 1. The van der Waals surface area contributed by atoms with Gasteiger partial charge in [-0.25, -0.2) is 0 Å². The summed E-state index contributed by atoms with van der Waals surface area (Å²) in [4.78, 5) is 29.5. The van der Waals surface area contributed by atoms with Crippen LogP contribution in [0.4, 0.5) is 0 Å². The Kier molecular flexibility index (Phi) is 8.63. The van der Waals surface area contributed by atoms with Crippen LogP contribution in [-0.4, -0.2) is 60.4 Å². The Balaban J connectivity index is 2.08. The van der Waals surface area contributed by atoms with E-state index in [4.69, 9.17) is 27.9 Å². The first-order chi connectivity index (χ1) is 16.1. The van der Waals surface area contributed by atoms with E-state index in [1.807, 2.05) is 25.9 Å². The lowest BCUT2D eigenvalue weighted by Crippen LogP contribution is -2.35. The van der Waals surface area contributed by atoms with Crippen molar-refractivity contribution < 1.29 is 19.4 Å². The first kappa shape index (κ1) is 26.1. The van der Waals surface area contributed by atoms with Crippen LogP contribution in [-0.2, 0) is 9.59 Å². The maximum Gasteiger partial charge on any atom is 0.295 e. The van der Waals surface area contributed by atoms with Crippen molar-refractivity contribution >= 4 is 40.7 Å². The molecule has 1 aliphatic rings. The lowest BCUT2D eigenvalue weighted by atomic mass is 9.94. The zero-order valence-corrected chi connectivity index (χ0v) is 21.4. The quantitative estimate of drug-likeness (QED) is 0.212. The smallest absolute Gasteiger partial charge is 0.295 e. The minimum absolute atomic E-state index is 0.0289. The normalized spacial score (nSPS) is 17.6. The average Bonchev–Trinajstić information content (AvgIpc) is 3.05. The Hall–Kier alpha value is -2.54. The molecular weight excluding hydrogens is 475 g/mol. The van der Waals surface area contributed by atoms with Crippen LogP contribution >= 0.6 is 23.2 Å². The van der Waals surface area contributed by atoms with Crippen LogP contribution in [0.15, 0.2) is 42.0 Å². The van der Waals surface area contributed by atoms with E-state index in [-0.39, 0.29) is 11.3 Å². The van der Waals surface area contributed by atoms with E-state index in [0.717, 1.165) is 24.2 Å². The molecule has 2 aromatic carbocycles. The number of aryl methyl sites for hydroxylation is 1. The van der Waals surface area contributed by atoms with Gasteiger partial charge in [0.15, 0.2) is 0 Å². The fraction of sp³-hybridized carbons (Fsp3) is 0.385. The number of carbonyl (C=O) groups is 2. The fourth-order valence-electron chi connectivity index (χ4n) is 3.89. The molecule has 1 heterocycles. The van der Waals surface area contributed by atoms with Crippen molar-refractivity contribution in [2.75, 3.05) is 33.8 Å². The number of halogens is 2. The van der Waals surface area contributed by atoms with Gasteiger partial charge in [0.05, 0.1) is 28.3 Å². The first-order valence-corrected chi connectivity index (χ1v) is 12.0. The Morgan fingerprint density at radius 3 is 2.47 bits per heavy atom. The molecule has 34 heavy (non-hydrogen) atoms. The summed E-state index contributed by atoms with van der Waals surface area (Å²) in [6.45, 7) is 5.44. The van der Waals surface area contributed by atoms with Crippen LogP contribution in [0.5, 0.6) is 5.75 Å². The molecule has 0 spiro atoms. The van der Waals surface area contributed by atoms with Crippen molar-refractivity contribution in [3.05, 3.63) is 68.7 Å². The van der Waals surface area contributed by atoms with Gasteiger partial charge >= 0.3 is 0 Å². The van der Waals surface area contributed by atoms with Crippen LogP contribution in [0.25, 0.3) is 5.76 Å². The molecule has 1 aliphatic heterocycles. The van der Waals surface area contributed by atoms with Gasteiger partial charge in [-0.15, -0.1) is 0 Å². The second-order valence-corrected chi connectivity index (χ2v) is 9.47. The number of aliphatic hydroxyl groups excluding tert-OH is 1. The predicted octanol–water partition coefficient (Wildman–Crippen LogP) is 5.46. The van der Waals surface area contributed by atoms with E-state index in [9.17, 15) is 14.7 Å². The van der Waals surface area contributed by atoms with Crippen LogP contribution in [0.1, 0.15) is 42.5 Å². The molecule has 1 N–H and O–H groups in total. The molecule has 1 unspecified atom stereocenters. The lowest BCUT2D eigenvalue weighted by Gasteiger charge is -2.26. The van der Waals surface area contributed by atoms with Gasteiger partial charge in [0.25, 0.3) is 11.7 Å². The summed E-state index contributed by atoms with van der Waals surface area (Å²) in [6.07, 6.45) is 1.97. The maximum atomic E-state index is 13.1. The van der Waals surface area contributed by atoms with E-state index < -0.39 is 17.7 Å². The van der Waals surface area contributed by atoms with Gasteiger partial charge in [-0.05, 0) is 68.9 Å². The molecule has 1 saturated heterocycles. The zero-order chi connectivity index (χ0) is 25.0. The maximum absolute atomic E-state index is 13.1. The topological polar surface area (TPSA) is 70.1 Å². The highest BCUT2D eigenvalue weighted by Gasteiger charge is 2.46. The molecule has 3 rings (SSSR count). The van der Waals surface area contributed by atoms with Crippen molar-refractivity contribution in [2.45, 2.75) is 32.7 Å². The number of Topliss-reactive ketones (excluding diaryl/α,β-unsaturated/α-hetero) is 1. The Morgan fingerprint density at radius 2 is 1.85 bits per heavy atom. The lowest BCUT2D eigenvalue weighted by molar-refractivity contribution is -0.140. The summed E-state index contributed by atoms with van der Waals surface area (Å²) in [7, 11) is 3.77. The van der Waals surface area contributed by atoms with E-state index in [0.29, 0.717) is 40.9 Å². The summed E-state index contributed by atoms with van der Waals surface area (Å²) in [5.41, 5.74) is 1.90. The number of aliphatic hydroxyl groups is 1. The summed E-state index contributed by atoms with van der Waals surface area (Å²) in [6, 6.07) is 9.42. The van der Waals surface area contributed by atoms with Gasteiger partial charge in [-0.3, -0.25) is 9.59 Å². The van der Waals surface area contributed by atoms with Gasteiger partial charge in [0, 0.05) is 18.7 Å². The number of hydrogen-bond donors (Lipinski definition) is 1. The number of rotatable bonds is 9.